The van der Waals surface area contributed by atoms with Gasteiger partial charge >= 0.3 is 0 Å². The number of rotatable bonds is 2. The molecule has 0 amide bonds. The first-order valence-corrected chi connectivity index (χ1v) is 11.6. The fourth-order valence-corrected chi connectivity index (χ4v) is 6.15. The topological polar surface area (TPSA) is 42.0 Å². The summed E-state index contributed by atoms with van der Waals surface area (Å²) in [6, 6.07) is 20.8. The first kappa shape index (κ1) is 18.5. The van der Waals surface area contributed by atoms with E-state index in [1.807, 2.05) is 18.3 Å². The second kappa shape index (κ2) is 7.17. The molecule has 6 rings (SSSR count). The number of anilines is 1. The number of nitrogens with zero attached hydrogens (tertiary/aromatic N) is 1. The zero-order valence-corrected chi connectivity index (χ0v) is 18.1. The van der Waals surface area contributed by atoms with E-state index in [-0.39, 0.29) is 17.7 Å². The number of benzene rings is 2. The number of pyridine rings is 1. The van der Waals surface area contributed by atoms with Crippen LogP contribution >= 0.6 is 11.3 Å². The van der Waals surface area contributed by atoms with Crippen molar-refractivity contribution in [3.05, 3.63) is 99.4 Å². The first-order valence-electron chi connectivity index (χ1n) is 10.7. The van der Waals surface area contributed by atoms with Gasteiger partial charge in [0, 0.05) is 39.7 Å². The number of hydrogen-bond donors (Lipinski definition) is 1. The molecule has 31 heavy (non-hydrogen) atoms. The van der Waals surface area contributed by atoms with E-state index in [1.54, 1.807) is 11.3 Å². The molecule has 4 heteroatoms. The predicted molar refractivity (Wildman–Crippen MR) is 128 cm³/mol. The van der Waals surface area contributed by atoms with E-state index in [9.17, 15) is 4.79 Å². The Hall–Kier alpha value is -3.24. The Bertz CT molecular complexity index is 1350. The third-order valence-corrected chi connectivity index (χ3v) is 7.70. The number of nitrogens with one attached hydrogen (secondary N) is 1. The van der Waals surface area contributed by atoms with E-state index in [1.165, 1.54) is 21.6 Å². The van der Waals surface area contributed by atoms with Crippen LogP contribution in [0.2, 0.25) is 0 Å². The SMILES string of the molecule is Cc1ccsc1C1Nc2ccc3ncccc3c2C2=C1C(=O)CC(c1ccccc1)C2. The van der Waals surface area contributed by atoms with Crippen molar-refractivity contribution in [2.45, 2.75) is 31.7 Å². The van der Waals surface area contributed by atoms with Gasteiger partial charge in [0.05, 0.1) is 11.6 Å². The molecule has 2 atom stereocenters. The molecule has 0 radical (unpaired) electrons. The Morgan fingerprint density at radius 3 is 2.68 bits per heavy atom. The molecule has 152 valence electrons. The van der Waals surface area contributed by atoms with Gasteiger partial charge in [0.25, 0.3) is 0 Å². The number of Topliss-reactive ketones (excluding diaryl/α,β-unsaturated/α-hetero) is 1. The maximum atomic E-state index is 13.7. The predicted octanol–water partition coefficient (Wildman–Crippen LogP) is 6.67. The number of aryl methyl sites for hydroxylation is 1. The molecule has 0 fully saturated rings. The van der Waals surface area contributed by atoms with E-state index in [2.05, 4.69) is 71.1 Å². The van der Waals surface area contributed by atoms with E-state index in [4.69, 9.17) is 0 Å². The van der Waals surface area contributed by atoms with Crippen molar-refractivity contribution < 1.29 is 4.79 Å². The summed E-state index contributed by atoms with van der Waals surface area (Å²) in [5.74, 6) is 0.461. The smallest absolute Gasteiger partial charge is 0.162 e. The molecule has 0 bridgehead atoms. The number of allylic oxidation sites excluding steroid dienone is 1. The Labute approximate surface area is 185 Å². The quantitative estimate of drug-likeness (QED) is 0.392. The molecule has 2 aromatic heterocycles. The average Bonchev–Trinajstić information content (AvgIpc) is 3.24. The van der Waals surface area contributed by atoms with Crippen LogP contribution in [0, 0.1) is 6.92 Å². The molecular weight excluding hydrogens is 400 g/mol. The van der Waals surface area contributed by atoms with Crippen LogP contribution in [0.4, 0.5) is 5.69 Å². The lowest BCUT2D eigenvalue weighted by molar-refractivity contribution is -0.116. The lowest BCUT2D eigenvalue weighted by Crippen LogP contribution is -2.29. The van der Waals surface area contributed by atoms with Gasteiger partial charge in [-0.2, -0.15) is 0 Å². The Morgan fingerprint density at radius 1 is 1.00 bits per heavy atom. The van der Waals surface area contributed by atoms with E-state index in [0.29, 0.717) is 6.42 Å². The van der Waals surface area contributed by atoms with E-state index < -0.39 is 0 Å². The van der Waals surface area contributed by atoms with Crippen LogP contribution in [0.15, 0.2) is 77.8 Å². The Balaban J connectivity index is 1.60. The van der Waals surface area contributed by atoms with Crippen LogP contribution in [0.5, 0.6) is 0 Å². The fourth-order valence-electron chi connectivity index (χ4n) is 5.17. The van der Waals surface area contributed by atoms with Crippen molar-refractivity contribution in [3.8, 4) is 0 Å². The third-order valence-electron chi connectivity index (χ3n) is 6.62. The summed E-state index contributed by atoms with van der Waals surface area (Å²) < 4.78 is 0. The van der Waals surface area contributed by atoms with Gasteiger partial charge in [-0.25, -0.2) is 0 Å². The molecule has 1 aliphatic carbocycles. The van der Waals surface area contributed by atoms with Crippen molar-refractivity contribution in [2.75, 3.05) is 5.32 Å². The molecule has 1 aliphatic heterocycles. The largest absolute Gasteiger partial charge is 0.373 e. The second-order valence-corrected chi connectivity index (χ2v) is 9.38. The number of aromatic nitrogens is 1. The van der Waals surface area contributed by atoms with E-state index >= 15 is 0 Å². The van der Waals surface area contributed by atoms with Crippen molar-refractivity contribution in [2.24, 2.45) is 0 Å². The maximum Gasteiger partial charge on any atom is 0.162 e. The summed E-state index contributed by atoms with van der Waals surface area (Å²) in [6.07, 6.45) is 3.26. The summed E-state index contributed by atoms with van der Waals surface area (Å²) in [5, 5.41) is 6.95. The molecule has 2 aromatic carbocycles. The average molecular weight is 423 g/mol. The van der Waals surface area contributed by atoms with Crippen molar-refractivity contribution in [1.82, 2.24) is 4.98 Å². The number of fused-ring (bicyclic) bond motifs is 4. The van der Waals surface area contributed by atoms with Gasteiger partial charge in [-0.1, -0.05) is 36.4 Å². The minimum Gasteiger partial charge on any atom is -0.373 e. The van der Waals surface area contributed by atoms with E-state index in [0.717, 1.165) is 34.1 Å². The number of thiophene rings is 1. The van der Waals surface area contributed by atoms with Crippen LogP contribution in [0.25, 0.3) is 16.5 Å². The van der Waals surface area contributed by atoms with Gasteiger partial charge in [-0.15, -0.1) is 11.3 Å². The van der Waals surface area contributed by atoms with Crippen molar-refractivity contribution in [1.29, 1.82) is 0 Å². The van der Waals surface area contributed by atoms with Gasteiger partial charge in [0.15, 0.2) is 5.78 Å². The summed E-state index contributed by atoms with van der Waals surface area (Å²) in [5.41, 5.74) is 7.83. The first-order chi connectivity index (χ1) is 15.2. The van der Waals surface area contributed by atoms with Crippen LogP contribution in [-0.4, -0.2) is 10.8 Å². The number of hydrogen-bond acceptors (Lipinski definition) is 4. The maximum absolute atomic E-state index is 13.7. The van der Waals surface area contributed by atoms with Gasteiger partial charge in [0.2, 0.25) is 0 Å². The molecule has 3 nitrogen and oxygen atoms in total. The highest BCUT2D eigenvalue weighted by Crippen LogP contribution is 2.51. The molecule has 0 saturated carbocycles. The highest BCUT2D eigenvalue weighted by Gasteiger charge is 2.39. The van der Waals surface area contributed by atoms with Gasteiger partial charge in [0.1, 0.15) is 0 Å². The normalized spacial score (nSPS) is 20.4. The van der Waals surface area contributed by atoms with Crippen molar-refractivity contribution >= 4 is 39.3 Å². The zero-order valence-electron chi connectivity index (χ0n) is 17.3. The molecule has 3 heterocycles. The van der Waals surface area contributed by atoms with Crippen molar-refractivity contribution in [3.63, 3.8) is 0 Å². The van der Waals surface area contributed by atoms with Gasteiger partial charge in [-0.3, -0.25) is 9.78 Å². The van der Waals surface area contributed by atoms with Crippen LogP contribution in [0.3, 0.4) is 0 Å². The molecule has 4 aromatic rings. The molecular formula is C27H22N2OS. The molecule has 1 N–H and O–H groups in total. The fraction of sp³-hybridized carbons (Fsp3) is 0.185. The van der Waals surface area contributed by atoms with Gasteiger partial charge in [-0.05, 0) is 65.6 Å². The second-order valence-electron chi connectivity index (χ2n) is 8.43. The minimum atomic E-state index is -0.0826. The number of carbonyl (C=O) groups excluding carboxylic acids is 1. The third kappa shape index (κ3) is 2.94. The standard InChI is InChI=1S/C27H22N2OS/c1-16-11-13-31-27(16)26-25-20(14-18(15-23(25)30)17-6-3-2-4-7-17)24-19-8-5-12-28-21(19)9-10-22(24)29-26/h2-13,18,26,29H,14-15H2,1H3. The van der Waals surface area contributed by atoms with Crippen LogP contribution < -0.4 is 5.32 Å². The minimum absolute atomic E-state index is 0.0826. The van der Waals surface area contributed by atoms with Crippen LogP contribution in [-0.2, 0) is 4.79 Å². The summed E-state index contributed by atoms with van der Waals surface area (Å²) in [4.78, 5) is 19.5. The van der Waals surface area contributed by atoms with Gasteiger partial charge < -0.3 is 5.32 Å². The Morgan fingerprint density at radius 2 is 1.87 bits per heavy atom. The van der Waals surface area contributed by atoms with Crippen LogP contribution in [0.1, 0.15) is 46.4 Å². The molecule has 2 unspecified atom stereocenters. The highest BCUT2D eigenvalue weighted by molar-refractivity contribution is 7.10. The zero-order chi connectivity index (χ0) is 20.9. The summed E-state index contributed by atoms with van der Waals surface area (Å²) in [6.45, 7) is 2.13. The Kier molecular flexibility index (Phi) is 4.29. The number of ketones is 1. The molecule has 0 saturated heterocycles. The lowest BCUT2D eigenvalue weighted by atomic mass is 9.72. The summed E-state index contributed by atoms with van der Waals surface area (Å²) >= 11 is 1.73. The summed E-state index contributed by atoms with van der Waals surface area (Å²) in [7, 11) is 0. The highest BCUT2D eigenvalue weighted by atomic mass is 32.1. The number of carbonyl (C=O) groups is 1. The molecule has 2 aliphatic rings. The molecule has 0 spiro atoms. The lowest BCUT2D eigenvalue weighted by Gasteiger charge is -2.37. The monoisotopic (exact) mass is 422 g/mol.